The fourth-order valence-corrected chi connectivity index (χ4v) is 4.59. The number of aryl methyl sites for hydroxylation is 1. The summed E-state index contributed by atoms with van der Waals surface area (Å²) in [7, 11) is 0. The number of ether oxygens (including phenoxy) is 2. The van der Waals surface area contributed by atoms with Crippen LogP contribution in [0.4, 0.5) is 10.1 Å². The highest BCUT2D eigenvalue weighted by Gasteiger charge is 2.43. The SMILES string of the molecule is Cc1c(F)cccc1NC(=O)CN1CCOC2(CCCCc3ccccc3OCCNC2=O)C1. The maximum Gasteiger partial charge on any atom is 0.253 e. The molecule has 8 heteroatoms. The Morgan fingerprint density at radius 3 is 2.91 bits per heavy atom. The van der Waals surface area contributed by atoms with Crippen LogP contribution in [0.2, 0.25) is 0 Å². The van der Waals surface area contributed by atoms with Crippen molar-refractivity contribution in [2.24, 2.45) is 0 Å². The normalized spacial score (nSPS) is 22.0. The van der Waals surface area contributed by atoms with Gasteiger partial charge in [0.25, 0.3) is 5.91 Å². The predicted molar refractivity (Wildman–Crippen MR) is 127 cm³/mol. The first-order valence-electron chi connectivity index (χ1n) is 11.9. The lowest BCUT2D eigenvalue weighted by Gasteiger charge is -2.41. The molecule has 2 aliphatic rings. The zero-order valence-corrected chi connectivity index (χ0v) is 19.6. The number of morpholine rings is 1. The summed E-state index contributed by atoms with van der Waals surface area (Å²) in [4.78, 5) is 27.8. The predicted octanol–water partition coefficient (Wildman–Crippen LogP) is 3.07. The summed E-state index contributed by atoms with van der Waals surface area (Å²) in [6.45, 7) is 3.71. The van der Waals surface area contributed by atoms with E-state index in [4.69, 9.17) is 9.47 Å². The Labute approximate surface area is 199 Å². The standard InChI is InChI=1S/C26H32FN3O4/c1-19-21(27)9-6-10-22(19)29-24(31)17-30-14-16-34-26(18-30)12-5-4-8-20-7-2-3-11-23(20)33-15-13-28-25(26)32/h2-3,6-7,9-11H,4-5,8,12-18H2,1H3,(H,28,32)(H,29,31). The lowest BCUT2D eigenvalue weighted by atomic mass is 9.91. The Bertz CT molecular complexity index is 1030. The van der Waals surface area contributed by atoms with Gasteiger partial charge in [0.2, 0.25) is 5.91 Å². The molecule has 2 N–H and O–H groups in total. The summed E-state index contributed by atoms with van der Waals surface area (Å²) < 4.78 is 25.8. The van der Waals surface area contributed by atoms with Crippen LogP contribution in [0.1, 0.15) is 30.4 Å². The monoisotopic (exact) mass is 469 g/mol. The van der Waals surface area contributed by atoms with Crippen LogP contribution in [-0.2, 0) is 20.7 Å². The van der Waals surface area contributed by atoms with E-state index in [9.17, 15) is 14.0 Å². The van der Waals surface area contributed by atoms with Gasteiger partial charge in [0.05, 0.1) is 19.7 Å². The number of amides is 2. The van der Waals surface area contributed by atoms with E-state index in [1.807, 2.05) is 23.1 Å². The van der Waals surface area contributed by atoms with Crippen LogP contribution in [0, 0.1) is 12.7 Å². The van der Waals surface area contributed by atoms with Crippen molar-refractivity contribution in [3.8, 4) is 5.75 Å². The summed E-state index contributed by atoms with van der Waals surface area (Å²) in [6.07, 6.45) is 3.15. The number of halogens is 1. The van der Waals surface area contributed by atoms with Crippen molar-refractivity contribution in [1.82, 2.24) is 10.2 Å². The van der Waals surface area contributed by atoms with E-state index in [0.717, 1.165) is 25.0 Å². The summed E-state index contributed by atoms with van der Waals surface area (Å²) in [5.74, 6) is 0.0895. The minimum Gasteiger partial charge on any atom is -0.491 e. The fraction of sp³-hybridized carbons (Fsp3) is 0.462. The van der Waals surface area contributed by atoms with Crippen molar-refractivity contribution in [3.63, 3.8) is 0 Å². The van der Waals surface area contributed by atoms with E-state index in [1.54, 1.807) is 19.1 Å². The van der Waals surface area contributed by atoms with Gasteiger partial charge < -0.3 is 20.1 Å². The van der Waals surface area contributed by atoms with Gasteiger partial charge in [-0.25, -0.2) is 4.39 Å². The molecule has 1 saturated heterocycles. The Morgan fingerprint density at radius 1 is 1.18 bits per heavy atom. The number of nitrogens with zero attached hydrogens (tertiary/aromatic N) is 1. The molecule has 0 aliphatic carbocycles. The van der Waals surface area contributed by atoms with E-state index in [1.165, 1.54) is 11.6 Å². The average molecular weight is 470 g/mol. The summed E-state index contributed by atoms with van der Waals surface area (Å²) in [5, 5.41) is 5.75. The third-order valence-electron chi connectivity index (χ3n) is 6.48. The molecule has 0 radical (unpaired) electrons. The smallest absolute Gasteiger partial charge is 0.253 e. The fourth-order valence-electron chi connectivity index (χ4n) is 4.59. The van der Waals surface area contributed by atoms with Gasteiger partial charge in [-0.3, -0.25) is 14.5 Å². The van der Waals surface area contributed by atoms with Crippen molar-refractivity contribution in [2.45, 2.75) is 38.2 Å². The number of carbonyl (C=O) groups excluding carboxylic acids is 2. The van der Waals surface area contributed by atoms with E-state index in [0.29, 0.717) is 50.5 Å². The van der Waals surface area contributed by atoms with Gasteiger partial charge in [0, 0.05) is 24.3 Å². The second-order valence-corrected chi connectivity index (χ2v) is 8.93. The first kappa shape index (κ1) is 24.2. The van der Waals surface area contributed by atoms with Crippen molar-refractivity contribution in [3.05, 3.63) is 59.4 Å². The summed E-state index contributed by atoms with van der Waals surface area (Å²) >= 11 is 0. The van der Waals surface area contributed by atoms with Crippen LogP contribution < -0.4 is 15.4 Å². The second-order valence-electron chi connectivity index (χ2n) is 8.93. The highest BCUT2D eigenvalue weighted by Crippen LogP contribution is 2.28. The number of fused-ring (bicyclic) bond motifs is 1. The number of hydrogen-bond donors (Lipinski definition) is 2. The second kappa shape index (κ2) is 11.0. The van der Waals surface area contributed by atoms with Crippen LogP contribution in [0.3, 0.4) is 0 Å². The minimum absolute atomic E-state index is 0.102. The third-order valence-corrected chi connectivity index (χ3v) is 6.48. The van der Waals surface area contributed by atoms with Crippen molar-refractivity contribution < 1.29 is 23.5 Å². The Balaban J connectivity index is 1.41. The number of hydrogen-bond acceptors (Lipinski definition) is 5. The van der Waals surface area contributed by atoms with Gasteiger partial charge in [0.1, 0.15) is 18.2 Å². The number of nitrogens with one attached hydrogen (secondary N) is 2. The van der Waals surface area contributed by atoms with Gasteiger partial charge in [0.15, 0.2) is 5.60 Å². The molecular weight excluding hydrogens is 437 g/mol. The molecule has 2 aromatic rings. The summed E-state index contributed by atoms with van der Waals surface area (Å²) in [5.41, 5.74) is 1.01. The molecule has 2 aromatic carbocycles. The van der Waals surface area contributed by atoms with E-state index in [-0.39, 0.29) is 24.2 Å². The highest BCUT2D eigenvalue weighted by atomic mass is 19.1. The van der Waals surface area contributed by atoms with E-state index < -0.39 is 5.60 Å². The Kier molecular flexibility index (Phi) is 7.80. The van der Waals surface area contributed by atoms with Crippen LogP contribution >= 0.6 is 0 Å². The lowest BCUT2D eigenvalue weighted by Crippen LogP contribution is -2.61. The molecule has 1 fully saturated rings. The molecule has 1 atom stereocenters. The molecule has 0 saturated carbocycles. The Morgan fingerprint density at radius 2 is 2.03 bits per heavy atom. The molecule has 2 amide bonds. The Hall–Kier alpha value is -2.97. The van der Waals surface area contributed by atoms with E-state index >= 15 is 0 Å². The highest BCUT2D eigenvalue weighted by molar-refractivity contribution is 5.93. The van der Waals surface area contributed by atoms with Gasteiger partial charge >= 0.3 is 0 Å². The van der Waals surface area contributed by atoms with Gasteiger partial charge in [-0.1, -0.05) is 24.3 Å². The van der Waals surface area contributed by atoms with Crippen molar-refractivity contribution in [1.29, 1.82) is 0 Å². The third kappa shape index (κ3) is 5.74. The quantitative estimate of drug-likeness (QED) is 0.722. The molecule has 1 unspecified atom stereocenters. The van der Waals surface area contributed by atoms with Gasteiger partial charge in [-0.2, -0.15) is 0 Å². The lowest BCUT2D eigenvalue weighted by molar-refractivity contribution is -0.163. The molecule has 2 aliphatic heterocycles. The van der Waals surface area contributed by atoms with E-state index in [2.05, 4.69) is 16.7 Å². The number of carbonyl (C=O) groups is 2. The molecule has 0 aromatic heterocycles. The van der Waals surface area contributed by atoms with Crippen LogP contribution in [0.15, 0.2) is 42.5 Å². The molecular formula is C26H32FN3O4. The zero-order chi connectivity index (χ0) is 24.0. The molecule has 0 bridgehead atoms. The average Bonchev–Trinajstić information content (AvgIpc) is 2.82. The zero-order valence-electron chi connectivity index (χ0n) is 19.6. The number of para-hydroxylation sites is 1. The molecule has 1 spiro atoms. The molecule has 34 heavy (non-hydrogen) atoms. The molecule has 182 valence electrons. The largest absolute Gasteiger partial charge is 0.491 e. The minimum atomic E-state index is -1.01. The van der Waals surface area contributed by atoms with Gasteiger partial charge in [-0.05, 0) is 56.4 Å². The first-order chi connectivity index (χ1) is 16.5. The maximum atomic E-state index is 13.8. The maximum absolute atomic E-state index is 13.8. The number of rotatable bonds is 3. The number of anilines is 1. The van der Waals surface area contributed by atoms with Crippen LogP contribution in [0.25, 0.3) is 0 Å². The summed E-state index contributed by atoms with van der Waals surface area (Å²) in [6, 6.07) is 12.6. The molecule has 7 nitrogen and oxygen atoms in total. The topological polar surface area (TPSA) is 79.9 Å². The first-order valence-corrected chi connectivity index (χ1v) is 11.9. The van der Waals surface area contributed by atoms with Crippen LogP contribution in [-0.4, -0.2) is 61.7 Å². The van der Waals surface area contributed by atoms with Crippen LogP contribution in [0.5, 0.6) is 5.75 Å². The van der Waals surface area contributed by atoms with Crippen molar-refractivity contribution in [2.75, 3.05) is 44.7 Å². The molecule has 4 rings (SSSR count). The van der Waals surface area contributed by atoms with Crippen molar-refractivity contribution >= 4 is 17.5 Å². The molecule has 2 heterocycles. The van der Waals surface area contributed by atoms with Gasteiger partial charge in [-0.15, -0.1) is 0 Å². The number of benzene rings is 2.